The van der Waals surface area contributed by atoms with Crippen molar-refractivity contribution in [3.05, 3.63) is 47.5 Å². The van der Waals surface area contributed by atoms with Gasteiger partial charge in [-0.3, -0.25) is 0 Å². The van der Waals surface area contributed by atoms with Gasteiger partial charge >= 0.3 is 0 Å². The third-order valence-corrected chi connectivity index (χ3v) is 2.51. The maximum Gasteiger partial charge on any atom is 0.0459 e. The monoisotopic (exact) mass is 204 g/mol. The Morgan fingerprint density at radius 3 is 2.60 bits per heavy atom. The van der Waals surface area contributed by atoms with Crippen LogP contribution in [0.4, 0.5) is 0 Å². The summed E-state index contributed by atoms with van der Waals surface area (Å²) in [5.74, 6) is 0.372. The highest BCUT2D eigenvalue weighted by molar-refractivity contribution is 5.18. The van der Waals surface area contributed by atoms with Crippen LogP contribution in [0, 0.1) is 5.92 Å². The Hall–Kier alpha value is -1.08. The van der Waals surface area contributed by atoms with Crippen LogP contribution in [0.5, 0.6) is 0 Å². The zero-order chi connectivity index (χ0) is 11.1. The van der Waals surface area contributed by atoms with Gasteiger partial charge in [0.25, 0.3) is 0 Å². The van der Waals surface area contributed by atoms with Crippen LogP contribution in [0.3, 0.4) is 0 Å². The fraction of sp³-hybridized carbons (Fsp3) is 0.429. The Bertz CT molecular complexity index is 300. The third kappa shape index (κ3) is 4.80. The van der Waals surface area contributed by atoms with E-state index in [0.29, 0.717) is 5.92 Å². The molecule has 0 aliphatic heterocycles. The Morgan fingerprint density at radius 2 is 2.00 bits per heavy atom. The molecule has 0 amide bonds. The highest BCUT2D eigenvalue weighted by Crippen LogP contribution is 2.11. The van der Waals surface area contributed by atoms with Crippen LogP contribution in [-0.2, 0) is 6.42 Å². The number of aliphatic hydroxyl groups excluding tert-OH is 1. The molecule has 0 aromatic heterocycles. The molecule has 1 aromatic carbocycles. The predicted molar refractivity (Wildman–Crippen MR) is 64.8 cm³/mol. The summed E-state index contributed by atoms with van der Waals surface area (Å²) in [6.45, 7) is 4.48. The van der Waals surface area contributed by atoms with Gasteiger partial charge in [-0.05, 0) is 31.2 Å². The molecule has 82 valence electrons. The minimum atomic E-state index is 0.274. The van der Waals surface area contributed by atoms with Crippen molar-refractivity contribution < 1.29 is 5.11 Å². The van der Waals surface area contributed by atoms with Crippen LogP contribution in [0.25, 0.3) is 0 Å². The summed E-state index contributed by atoms with van der Waals surface area (Å²) in [5, 5.41) is 8.94. The van der Waals surface area contributed by atoms with E-state index in [0.717, 1.165) is 12.8 Å². The average molecular weight is 204 g/mol. The third-order valence-electron chi connectivity index (χ3n) is 2.51. The predicted octanol–water partition coefficient (Wildman–Crippen LogP) is 3.19. The first-order valence-corrected chi connectivity index (χ1v) is 5.52. The molecule has 0 heterocycles. The van der Waals surface area contributed by atoms with Gasteiger partial charge in [-0.1, -0.05) is 48.9 Å². The average Bonchev–Trinajstić information content (AvgIpc) is 2.27. The molecule has 1 rings (SSSR count). The summed E-state index contributed by atoms with van der Waals surface area (Å²) in [6, 6.07) is 10.4. The van der Waals surface area contributed by atoms with Crippen molar-refractivity contribution in [3.63, 3.8) is 0 Å². The van der Waals surface area contributed by atoms with Crippen LogP contribution >= 0.6 is 0 Å². The molecular weight excluding hydrogens is 184 g/mol. The number of hydrogen-bond acceptors (Lipinski definition) is 1. The van der Waals surface area contributed by atoms with Gasteiger partial charge in [0.2, 0.25) is 0 Å². The van der Waals surface area contributed by atoms with Crippen molar-refractivity contribution >= 4 is 0 Å². The molecule has 0 spiro atoms. The first-order valence-electron chi connectivity index (χ1n) is 5.52. The summed E-state index contributed by atoms with van der Waals surface area (Å²) in [5.41, 5.74) is 2.70. The van der Waals surface area contributed by atoms with E-state index in [-0.39, 0.29) is 6.61 Å². The second kappa shape index (κ2) is 6.41. The lowest BCUT2D eigenvalue weighted by atomic mass is 10.0. The highest BCUT2D eigenvalue weighted by Gasteiger charge is 2.00. The van der Waals surface area contributed by atoms with Crippen LogP contribution in [0.2, 0.25) is 0 Å². The molecule has 1 aromatic rings. The summed E-state index contributed by atoms with van der Waals surface area (Å²) in [4.78, 5) is 0. The van der Waals surface area contributed by atoms with Crippen molar-refractivity contribution in [1.82, 2.24) is 0 Å². The van der Waals surface area contributed by atoms with E-state index in [9.17, 15) is 0 Å². The zero-order valence-corrected chi connectivity index (χ0v) is 9.61. The molecule has 0 saturated carbocycles. The standard InChI is InChI=1S/C14H20O/c1-12(10-13(2)11-15)8-9-14-6-4-3-5-7-14/h3-8,13,15H,9-11H2,1-2H3/b12-8+/t13-/m1/s1. The maximum absolute atomic E-state index is 8.94. The number of benzene rings is 1. The number of aliphatic hydroxyl groups is 1. The van der Waals surface area contributed by atoms with Crippen LogP contribution < -0.4 is 0 Å². The van der Waals surface area contributed by atoms with E-state index in [1.807, 2.05) is 6.07 Å². The lowest BCUT2D eigenvalue weighted by Crippen LogP contribution is -2.00. The smallest absolute Gasteiger partial charge is 0.0459 e. The summed E-state index contributed by atoms with van der Waals surface area (Å²) >= 11 is 0. The fourth-order valence-corrected chi connectivity index (χ4v) is 1.60. The van der Waals surface area contributed by atoms with E-state index in [4.69, 9.17) is 5.11 Å². The van der Waals surface area contributed by atoms with Crippen LogP contribution in [0.15, 0.2) is 42.0 Å². The normalized spacial score (nSPS) is 13.9. The summed E-state index contributed by atoms with van der Waals surface area (Å²) in [7, 11) is 0. The molecule has 1 heteroatoms. The van der Waals surface area contributed by atoms with Gasteiger partial charge in [0.1, 0.15) is 0 Å². The van der Waals surface area contributed by atoms with Gasteiger partial charge in [0.15, 0.2) is 0 Å². The van der Waals surface area contributed by atoms with Gasteiger partial charge < -0.3 is 5.11 Å². The molecule has 15 heavy (non-hydrogen) atoms. The molecule has 0 radical (unpaired) electrons. The van der Waals surface area contributed by atoms with E-state index < -0.39 is 0 Å². The molecule has 0 unspecified atom stereocenters. The van der Waals surface area contributed by atoms with Gasteiger partial charge in [-0.15, -0.1) is 0 Å². The SMILES string of the molecule is C/C(=C\Cc1ccccc1)C[C@@H](C)CO. The largest absolute Gasteiger partial charge is 0.396 e. The molecule has 0 aliphatic carbocycles. The van der Waals surface area contributed by atoms with Gasteiger partial charge in [0, 0.05) is 6.61 Å². The van der Waals surface area contributed by atoms with Gasteiger partial charge in [-0.2, -0.15) is 0 Å². The topological polar surface area (TPSA) is 20.2 Å². The van der Waals surface area contributed by atoms with Gasteiger partial charge in [0.05, 0.1) is 0 Å². The zero-order valence-electron chi connectivity index (χ0n) is 9.61. The molecule has 0 fully saturated rings. The van der Waals surface area contributed by atoms with Crippen molar-refractivity contribution in [2.24, 2.45) is 5.92 Å². The number of hydrogen-bond donors (Lipinski definition) is 1. The van der Waals surface area contributed by atoms with E-state index in [1.54, 1.807) is 0 Å². The molecule has 1 N–H and O–H groups in total. The Kier molecular flexibility index (Phi) is 5.13. The minimum absolute atomic E-state index is 0.274. The fourth-order valence-electron chi connectivity index (χ4n) is 1.60. The van der Waals surface area contributed by atoms with Gasteiger partial charge in [-0.25, -0.2) is 0 Å². The maximum atomic E-state index is 8.94. The van der Waals surface area contributed by atoms with Crippen molar-refractivity contribution in [1.29, 1.82) is 0 Å². The minimum Gasteiger partial charge on any atom is -0.396 e. The quantitative estimate of drug-likeness (QED) is 0.730. The summed E-state index contributed by atoms with van der Waals surface area (Å²) < 4.78 is 0. The molecule has 1 atom stereocenters. The van der Waals surface area contributed by atoms with E-state index >= 15 is 0 Å². The Balaban J connectivity index is 2.44. The first kappa shape index (κ1) is 12.0. The van der Waals surface area contributed by atoms with E-state index in [1.165, 1.54) is 11.1 Å². The Labute approximate surface area is 92.5 Å². The van der Waals surface area contributed by atoms with Crippen molar-refractivity contribution in [2.75, 3.05) is 6.61 Å². The first-order chi connectivity index (χ1) is 7.22. The van der Waals surface area contributed by atoms with Crippen LogP contribution in [0.1, 0.15) is 25.8 Å². The number of rotatable bonds is 5. The summed E-state index contributed by atoms with van der Waals surface area (Å²) in [6.07, 6.45) is 4.23. The Morgan fingerprint density at radius 1 is 1.33 bits per heavy atom. The molecule has 0 bridgehead atoms. The van der Waals surface area contributed by atoms with Crippen LogP contribution in [-0.4, -0.2) is 11.7 Å². The molecular formula is C14H20O. The van der Waals surface area contributed by atoms with E-state index in [2.05, 4.69) is 44.2 Å². The second-order valence-electron chi connectivity index (χ2n) is 4.23. The highest BCUT2D eigenvalue weighted by atomic mass is 16.3. The molecule has 0 aliphatic rings. The lowest BCUT2D eigenvalue weighted by molar-refractivity contribution is 0.237. The molecule has 1 nitrogen and oxygen atoms in total. The van der Waals surface area contributed by atoms with Crippen molar-refractivity contribution in [2.45, 2.75) is 26.7 Å². The lowest BCUT2D eigenvalue weighted by Gasteiger charge is -2.07. The second-order valence-corrected chi connectivity index (χ2v) is 4.23. The number of allylic oxidation sites excluding steroid dienone is 2. The van der Waals surface area contributed by atoms with Crippen molar-refractivity contribution in [3.8, 4) is 0 Å². The molecule has 0 saturated heterocycles.